The summed E-state index contributed by atoms with van der Waals surface area (Å²) in [7, 11) is 0. The molecule has 5 nitrogen and oxygen atoms in total. The maximum absolute atomic E-state index is 12.5. The van der Waals surface area contributed by atoms with E-state index < -0.39 is 0 Å². The van der Waals surface area contributed by atoms with Crippen LogP contribution in [-0.2, 0) is 6.54 Å². The summed E-state index contributed by atoms with van der Waals surface area (Å²) in [6, 6.07) is 14.1. The van der Waals surface area contributed by atoms with Crippen LogP contribution in [0.5, 0.6) is 0 Å². The lowest BCUT2D eigenvalue weighted by atomic mass is 9.97. The van der Waals surface area contributed by atoms with Crippen molar-refractivity contribution in [2.24, 2.45) is 5.41 Å². The van der Waals surface area contributed by atoms with E-state index in [0.29, 0.717) is 18.1 Å². The van der Waals surface area contributed by atoms with Gasteiger partial charge in [0, 0.05) is 24.2 Å². The second-order valence-corrected chi connectivity index (χ2v) is 9.57. The molecule has 1 atom stereocenters. The van der Waals surface area contributed by atoms with E-state index in [9.17, 15) is 4.79 Å². The molecule has 0 aliphatic rings. The molecular formula is C24H26N4OS. The summed E-state index contributed by atoms with van der Waals surface area (Å²) in [4.78, 5) is 21.6. The molecule has 30 heavy (non-hydrogen) atoms. The second-order valence-electron chi connectivity index (χ2n) is 8.79. The van der Waals surface area contributed by atoms with Gasteiger partial charge in [-0.2, -0.15) is 16.3 Å². The van der Waals surface area contributed by atoms with Crippen molar-refractivity contribution in [1.29, 1.82) is 0 Å². The maximum Gasteiger partial charge on any atom is 0.252 e. The normalized spacial score (nSPS) is 12.8. The Balaban J connectivity index is 1.60. The quantitative estimate of drug-likeness (QED) is 0.449. The Morgan fingerprint density at radius 1 is 1.07 bits per heavy atom. The molecule has 0 fully saturated rings. The van der Waals surface area contributed by atoms with Gasteiger partial charge in [0.15, 0.2) is 0 Å². The van der Waals surface area contributed by atoms with Gasteiger partial charge in [-0.25, -0.2) is 4.98 Å². The van der Waals surface area contributed by atoms with Gasteiger partial charge in [-0.3, -0.25) is 9.36 Å². The first-order valence-corrected chi connectivity index (χ1v) is 11.0. The zero-order valence-corrected chi connectivity index (χ0v) is 18.5. The first kappa shape index (κ1) is 20.3. The van der Waals surface area contributed by atoms with Gasteiger partial charge in [0.1, 0.15) is 5.65 Å². The zero-order chi connectivity index (χ0) is 21.3. The summed E-state index contributed by atoms with van der Waals surface area (Å²) >= 11 is 1.70. The fourth-order valence-corrected chi connectivity index (χ4v) is 4.10. The minimum atomic E-state index is -0.0425. The van der Waals surface area contributed by atoms with Crippen LogP contribution in [0.2, 0.25) is 0 Å². The van der Waals surface area contributed by atoms with E-state index >= 15 is 0 Å². The van der Waals surface area contributed by atoms with Crippen LogP contribution in [0.3, 0.4) is 0 Å². The molecule has 1 N–H and O–H groups in total. The predicted molar refractivity (Wildman–Crippen MR) is 125 cm³/mol. The fourth-order valence-electron chi connectivity index (χ4n) is 3.44. The van der Waals surface area contributed by atoms with E-state index in [1.165, 1.54) is 11.1 Å². The van der Waals surface area contributed by atoms with Gasteiger partial charge >= 0.3 is 0 Å². The molecule has 4 rings (SSSR count). The lowest BCUT2D eigenvalue weighted by Gasteiger charge is -2.21. The molecule has 154 valence electrons. The third-order valence-corrected chi connectivity index (χ3v) is 5.65. The molecule has 0 amide bonds. The zero-order valence-electron chi connectivity index (χ0n) is 17.7. The minimum absolute atomic E-state index is 0.0328. The molecule has 3 heterocycles. The smallest absolute Gasteiger partial charge is 0.252 e. The van der Waals surface area contributed by atoms with Crippen LogP contribution in [-0.4, -0.2) is 14.5 Å². The topological polar surface area (TPSA) is 59.8 Å². The number of aromatic nitrogens is 3. The maximum atomic E-state index is 12.5. The van der Waals surface area contributed by atoms with Crippen LogP contribution in [0.4, 0.5) is 5.95 Å². The van der Waals surface area contributed by atoms with Crippen molar-refractivity contribution in [2.75, 3.05) is 5.32 Å². The minimum Gasteiger partial charge on any atom is -0.348 e. The SMILES string of the molecule is C[C@H](Nc1ncc2ccc(=O)n(CC(C)(C)C)c2n1)c1ccc(-c2ccsc2)cc1. The molecule has 0 aliphatic carbocycles. The largest absolute Gasteiger partial charge is 0.348 e. The Labute approximate surface area is 180 Å². The van der Waals surface area contributed by atoms with Gasteiger partial charge in [-0.1, -0.05) is 45.0 Å². The highest BCUT2D eigenvalue weighted by Crippen LogP contribution is 2.25. The summed E-state index contributed by atoms with van der Waals surface area (Å²) in [5.41, 5.74) is 4.18. The molecule has 1 aromatic carbocycles. The predicted octanol–water partition coefficient (Wildman–Crippen LogP) is 5.74. The molecule has 0 unspecified atom stereocenters. The van der Waals surface area contributed by atoms with Gasteiger partial charge in [-0.15, -0.1) is 0 Å². The number of rotatable bonds is 5. The summed E-state index contributed by atoms with van der Waals surface area (Å²) in [6.07, 6.45) is 1.77. The fraction of sp³-hybridized carbons (Fsp3) is 0.292. The van der Waals surface area contributed by atoms with Crippen molar-refractivity contribution >= 4 is 28.3 Å². The summed E-state index contributed by atoms with van der Waals surface area (Å²) in [5, 5.41) is 8.47. The first-order valence-electron chi connectivity index (χ1n) is 10.1. The van der Waals surface area contributed by atoms with Crippen LogP contribution < -0.4 is 10.9 Å². The van der Waals surface area contributed by atoms with Crippen molar-refractivity contribution < 1.29 is 0 Å². The van der Waals surface area contributed by atoms with Crippen LogP contribution in [0.1, 0.15) is 39.3 Å². The Hall–Kier alpha value is -2.99. The van der Waals surface area contributed by atoms with E-state index in [2.05, 4.69) is 84.1 Å². The molecule has 6 heteroatoms. The lowest BCUT2D eigenvalue weighted by Crippen LogP contribution is -2.27. The molecule has 0 spiro atoms. The first-order chi connectivity index (χ1) is 14.3. The monoisotopic (exact) mass is 418 g/mol. The second kappa shape index (κ2) is 8.03. The average Bonchev–Trinajstić information content (AvgIpc) is 3.24. The van der Waals surface area contributed by atoms with Gasteiger partial charge in [0.2, 0.25) is 5.95 Å². The van der Waals surface area contributed by atoms with Gasteiger partial charge in [0.05, 0.1) is 6.04 Å². The average molecular weight is 419 g/mol. The van der Waals surface area contributed by atoms with Crippen molar-refractivity contribution in [3.8, 4) is 11.1 Å². The highest BCUT2D eigenvalue weighted by molar-refractivity contribution is 7.08. The van der Waals surface area contributed by atoms with E-state index in [0.717, 1.165) is 10.9 Å². The number of nitrogens with zero attached hydrogens (tertiary/aromatic N) is 3. The number of anilines is 1. The number of hydrogen-bond acceptors (Lipinski definition) is 5. The van der Waals surface area contributed by atoms with Crippen molar-refractivity contribution in [1.82, 2.24) is 14.5 Å². The summed E-state index contributed by atoms with van der Waals surface area (Å²) in [6.45, 7) is 9.01. The van der Waals surface area contributed by atoms with Crippen molar-refractivity contribution in [2.45, 2.75) is 40.3 Å². The highest BCUT2D eigenvalue weighted by atomic mass is 32.1. The Morgan fingerprint density at radius 2 is 1.83 bits per heavy atom. The number of pyridine rings is 1. The van der Waals surface area contributed by atoms with E-state index in [1.807, 2.05) is 0 Å². The number of fused-ring (bicyclic) bond motifs is 1. The molecule has 0 aliphatic heterocycles. The van der Waals surface area contributed by atoms with Crippen molar-refractivity contribution in [3.05, 3.63) is 75.3 Å². The molecule has 0 saturated heterocycles. The van der Waals surface area contributed by atoms with Gasteiger partial charge in [-0.05, 0) is 51.9 Å². The summed E-state index contributed by atoms with van der Waals surface area (Å²) in [5.74, 6) is 0.519. The molecule has 0 radical (unpaired) electrons. The number of nitrogens with one attached hydrogen (secondary N) is 1. The lowest BCUT2D eigenvalue weighted by molar-refractivity contribution is 0.343. The standard InChI is InChI=1S/C24H26N4OS/c1-16(17-5-7-18(8-6-17)20-11-12-30-14-20)26-23-25-13-19-9-10-21(29)28(22(19)27-23)15-24(2,3)4/h5-14,16H,15H2,1-4H3,(H,25,26,27)/t16-/m0/s1. The van der Waals surface area contributed by atoms with E-state index in [-0.39, 0.29) is 17.0 Å². The number of thiophene rings is 1. The van der Waals surface area contributed by atoms with Crippen LogP contribution in [0.25, 0.3) is 22.2 Å². The molecular weight excluding hydrogens is 392 g/mol. The summed E-state index contributed by atoms with van der Waals surface area (Å²) < 4.78 is 1.74. The van der Waals surface area contributed by atoms with Crippen molar-refractivity contribution in [3.63, 3.8) is 0 Å². The number of hydrogen-bond donors (Lipinski definition) is 1. The Morgan fingerprint density at radius 3 is 2.50 bits per heavy atom. The number of benzene rings is 1. The Bertz CT molecular complexity index is 1200. The molecule has 0 saturated carbocycles. The van der Waals surface area contributed by atoms with Crippen LogP contribution in [0, 0.1) is 5.41 Å². The van der Waals surface area contributed by atoms with E-state index in [4.69, 9.17) is 0 Å². The highest BCUT2D eigenvalue weighted by Gasteiger charge is 2.16. The third kappa shape index (κ3) is 4.44. The molecule has 3 aromatic heterocycles. The molecule has 0 bridgehead atoms. The van der Waals surface area contributed by atoms with Crippen LogP contribution >= 0.6 is 11.3 Å². The van der Waals surface area contributed by atoms with Crippen LogP contribution in [0.15, 0.2) is 64.2 Å². The third-order valence-electron chi connectivity index (χ3n) is 4.97. The Kier molecular flexibility index (Phi) is 5.43. The van der Waals surface area contributed by atoms with Gasteiger partial charge in [0.25, 0.3) is 5.56 Å². The van der Waals surface area contributed by atoms with Gasteiger partial charge < -0.3 is 5.32 Å². The van der Waals surface area contributed by atoms with E-state index in [1.54, 1.807) is 34.2 Å². The molecule has 4 aromatic rings.